The third kappa shape index (κ3) is 3.67. The Morgan fingerprint density at radius 1 is 1.42 bits per heavy atom. The Morgan fingerprint density at radius 2 is 2.05 bits per heavy atom. The Hall–Kier alpha value is -2.11. The summed E-state index contributed by atoms with van der Waals surface area (Å²) in [6, 6.07) is 0. The topological polar surface area (TPSA) is 96.2 Å². The van der Waals surface area contributed by atoms with Gasteiger partial charge in [0.25, 0.3) is 0 Å². The van der Waals surface area contributed by atoms with Gasteiger partial charge >= 0.3 is 5.97 Å². The molecule has 0 saturated heterocycles. The number of nitrogens with zero attached hydrogens (tertiary/aromatic N) is 1. The highest BCUT2D eigenvalue weighted by atomic mass is 16.5. The fraction of sp³-hybridized carbons (Fsp3) is 0.462. The van der Waals surface area contributed by atoms with Crippen LogP contribution in [0.4, 0.5) is 0 Å². The van der Waals surface area contributed by atoms with Crippen molar-refractivity contribution in [3.8, 4) is 0 Å². The highest BCUT2D eigenvalue weighted by Gasteiger charge is 2.32. The van der Waals surface area contributed by atoms with Crippen molar-refractivity contribution in [2.45, 2.75) is 26.7 Å². The van der Waals surface area contributed by atoms with E-state index in [1.54, 1.807) is 0 Å². The van der Waals surface area contributed by atoms with Crippen molar-refractivity contribution in [3.63, 3.8) is 0 Å². The molecule has 0 aromatic heterocycles. The highest BCUT2D eigenvalue weighted by molar-refractivity contribution is 6.15. The van der Waals surface area contributed by atoms with Crippen LogP contribution in [0.5, 0.6) is 0 Å². The summed E-state index contributed by atoms with van der Waals surface area (Å²) in [6.07, 6.45) is 2.20. The van der Waals surface area contributed by atoms with E-state index in [1.807, 2.05) is 13.8 Å². The number of aliphatic hydroxyl groups is 2. The molecular weight excluding hydrogens is 250 g/mol. The minimum absolute atomic E-state index is 0.0579. The molecule has 0 saturated carbocycles. The van der Waals surface area contributed by atoms with Gasteiger partial charge in [0.15, 0.2) is 11.5 Å². The van der Waals surface area contributed by atoms with E-state index in [0.29, 0.717) is 12.7 Å². The molecule has 0 spiro atoms. The SMILES string of the molecule is COC(=O)/C(=C/O)N=CC1=C(O)CC(C)(C)CC1=O. The molecule has 1 aliphatic rings. The molecule has 0 atom stereocenters. The van der Waals surface area contributed by atoms with Gasteiger partial charge in [-0.1, -0.05) is 13.8 Å². The number of ether oxygens (including phenoxy) is 1. The number of esters is 1. The number of aliphatic imine (C=N–C) groups is 1. The van der Waals surface area contributed by atoms with Crippen LogP contribution in [0.15, 0.2) is 28.3 Å². The molecule has 19 heavy (non-hydrogen) atoms. The number of hydrogen-bond acceptors (Lipinski definition) is 6. The summed E-state index contributed by atoms with van der Waals surface area (Å²) in [6.45, 7) is 3.76. The van der Waals surface area contributed by atoms with Gasteiger partial charge in [-0.3, -0.25) is 4.79 Å². The van der Waals surface area contributed by atoms with Gasteiger partial charge in [0, 0.05) is 19.1 Å². The van der Waals surface area contributed by atoms with Gasteiger partial charge in [-0.15, -0.1) is 0 Å². The quantitative estimate of drug-likeness (QED) is 0.352. The molecule has 2 N–H and O–H groups in total. The Kier molecular flexibility index (Phi) is 4.47. The van der Waals surface area contributed by atoms with Crippen LogP contribution < -0.4 is 0 Å². The molecule has 6 heteroatoms. The first-order chi connectivity index (χ1) is 8.80. The summed E-state index contributed by atoms with van der Waals surface area (Å²) >= 11 is 0. The minimum Gasteiger partial charge on any atom is -0.513 e. The average molecular weight is 267 g/mol. The lowest BCUT2D eigenvalue weighted by atomic mass is 9.77. The summed E-state index contributed by atoms with van der Waals surface area (Å²) in [5.74, 6) is -1.14. The van der Waals surface area contributed by atoms with E-state index in [9.17, 15) is 14.7 Å². The molecule has 0 heterocycles. The highest BCUT2D eigenvalue weighted by Crippen LogP contribution is 2.35. The second kappa shape index (κ2) is 5.69. The predicted octanol–water partition coefficient (Wildman–Crippen LogP) is 1.83. The van der Waals surface area contributed by atoms with Gasteiger partial charge < -0.3 is 14.9 Å². The van der Waals surface area contributed by atoms with Crippen molar-refractivity contribution >= 4 is 18.0 Å². The summed E-state index contributed by atoms with van der Waals surface area (Å²) in [4.78, 5) is 26.7. The van der Waals surface area contributed by atoms with E-state index in [-0.39, 0.29) is 34.6 Å². The molecule has 6 nitrogen and oxygen atoms in total. The molecule has 0 radical (unpaired) electrons. The number of carbonyl (C=O) groups excluding carboxylic acids is 2. The summed E-state index contributed by atoms with van der Waals surface area (Å²) in [7, 11) is 1.15. The fourth-order valence-corrected chi connectivity index (χ4v) is 1.83. The number of carbonyl (C=O) groups is 2. The van der Waals surface area contributed by atoms with Gasteiger partial charge in [0.2, 0.25) is 0 Å². The maximum Gasteiger partial charge on any atom is 0.359 e. The Bertz CT molecular complexity index is 485. The lowest BCUT2D eigenvalue weighted by Crippen LogP contribution is -2.26. The largest absolute Gasteiger partial charge is 0.513 e. The number of ketones is 1. The maximum atomic E-state index is 11.9. The molecule has 0 aromatic carbocycles. The Morgan fingerprint density at radius 3 is 2.53 bits per heavy atom. The van der Waals surface area contributed by atoms with Gasteiger partial charge in [-0.2, -0.15) is 0 Å². The van der Waals surface area contributed by atoms with Crippen LogP contribution in [0, 0.1) is 5.41 Å². The van der Waals surface area contributed by atoms with Crippen LogP contribution in [-0.2, 0) is 14.3 Å². The van der Waals surface area contributed by atoms with Gasteiger partial charge in [0.1, 0.15) is 12.0 Å². The molecule has 0 bridgehead atoms. The Labute approximate surface area is 111 Å². The lowest BCUT2D eigenvalue weighted by Gasteiger charge is -2.28. The second-order valence-electron chi connectivity index (χ2n) is 5.07. The normalized spacial score (nSPS) is 19.9. The van der Waals surface area contributed by atoms with Crippen molar-refractivity contribution in [2.24, 2.45) is 10.4 Å². The smallest absolute Gasteiger partial charge is 0.359 e. The fourth-order valence-electron chi connectivity index (χ4n) is 1.83. The standard InChI is InChI=1S/C13H17NO5/c1-13(2)4-10(16)8(11(17)5-13)6-14-9(7-15)12(18)19-3/h6-7,15-16H,4-5H2,1-3H3/b9-7-,14-6?. The number of hydrogen-bond donors (Lipinski definition) is 2. The number of methoxy groups -OCH3 is 1. The molecular formula is C13H17NO5. The summed E-state index contributed by atoms with van der Waals surface area (Å²) in [5.41, 5.74) is -0.584. The summed E-state index contributed by atoms with van der Waals surface area (Å²) in [5, 5.41) is 18.7. The molecule has 1 aliphatic carbocycles. The molecule has 0 fully saturated rings. The first-order valence-electron chi connectivity index (χ1n) is 5.73. The zero-order valence-corrected chi connectivity index (χ0v) is 11.1. The van der Waals surface area contributed by atoms with E-state index in [2.05, 4.69) is 9.73 Å². The number of allylic oxidation sites excluding steroid dienone is 2. The number of aliphatic hydroxyl groups excluding tert-OH is 2. The Balaban J connectivity index is 2.99. The van der Waals surface area contributed by atoms with E-state index in [4.69, 9.17) is 5.11 Å². The maximum absolute atomic E-state index is 11.9. The van der Waals surface area contributed by atoms with Crippen LogP contribution >= 0.6 is 0 Å². The summed E-state index contributed by atoms with van der Waals surface area (Å²) < 4.78 is 4.39. The van der Waals surface area contributed by atoms with E-state index >= 15 is 0 Å². The first kappa shape index (κ1) is 14.9. The number of Topliss-reactive ketones (excluding diaryl/α,β-unsaturated/α-hetero) is 1. The van der Waals surface area contributed by atoms with Crippen LogP contribution in [0.3, 0.4) is 0 Å². The van der Waals surface area contributed by atoms with E-state index in [0.717, 1.165) is 13.3 Å². The lowest BCUT2D eigenvalue weighted by molar-refractivity contribution is -0.136. The minimum atomic E-state index is -0.831. The molecule has 0 amide bonds. The predicted molar refractivity (Wildman–Crippen MR) is 68.9 cm³/mol. The van der Waals surface area contributed by atoms with Crippen molar-refractivity contribution in [2.75, 3.05) is 7.11 Å². The molecule has 104 valence electrons. The van der Waals surface area contributed by atoms with E-state index in [1.165, 1.54) is 0 Å². The van der Waals surface area contributed by atoms with Gasteiger partial charge in [0.05, 0.1) is 12.7 Å². The zero-order valence-electron chi connectivity index (χ0n) is 11.1. The second-order valence-corrected chi connectivity index (χ2v) is 5.07. The van der Waals surface area contributed by atoms with Crippen molar-refractivity contribution < 1.29 is 24.5 Å². The molecule has 1 rings (SSSR count). The van der Waals surface area contributed by atoms with Gasteiger partial charge in [-0.05, 0) is 5.41 Å². The molecule has 0 aromatic rings. The van der Waals surface area contributed by atoms with Crippen LogP contribution in [0.25, 0.3) is 0 Å². The van der Waals surface area contributed by atoms with Crippen molar-refractivity contribution in [1.82, 2.24) is 0 Å². The van der Waals surface area contributed by atoms with Crippen molar-refractivity contribution in [3.05, 3.63) is 23.3 Å². The zero-order chi connectivity index (χ0) is 14.6. The molecule has 0 aliphatic heterocycles. The average Bonchev–Trinajstić information content (AvgIpc) is 2.30. The van der Waals surface area contributed by atoms with E-state index < -0.39 is 5.97 Å². The number of rotatable bonds is 3. The first-order valence-corrected chi connectivity index (χ1v) is 5.73. The van der Waals surface area contributed by atoms with Crippen LogP contribution in [0.1, 0.15) is 26.7 Å². The monoisotopic (exact) mass is 267 g/mol. The van der Waals surface area contributed by atoms with Crippen LogP contribution in [0.2, 0.25) is 0 Å². The van der Waals surface area contributed by atoms with Gasteiger partial charge in [-0.25, -0.2) is 9.79 Å². The third-order valence-electron chi connectivity index (χ3n) is 2.75. The molecule has 0 unspecified atom stereocenters. The van der Waals surface area contributed by atoms with Crippen molar-refractivity contribution in [1.29, 1.82) is 0 Å². The third-order valence-corrected chi connectivity index (χ3v) is 2.75. The van der Waals surface area contributed by atoms with Crippen LogP contribution in [-0.4, -0.2) is 35.3 Å².